The summed E-state index contributed by atoms with van der Waals surface area (Å²) < 4.78 is 80.9. The van der Waals surface area contributed by atoms with Gasteiger partial charge in [0.25, 0.3) is 11.5 Å². The highest BCUT2D eigenvalue weighted by Gasteiger charge is 2.40. The molecule has 248 valence electrons. The number of carbonyl (C=O) groups is 3. The van der Waals surface area contributed by atoms with Crippen molar-refractivity contribution < 1.29 is 41.1 Å². The second-order valence-electron chi connectivity index (χ2n) is 11.0. The lowest BCUT2D eigenvalue weighted by atomic mass is 9.88. The number of carbonyl (C=O) groups excluding carboxylic acids is 3. The Morgan fingerprint density at radius 2 is 1.61 bits per heavy atom. The van der Waals surface area contributed by atoms with Crippen LogP contribution >= 0.6 is 0 Å². The predicted molar refractivity (Wildman–Crippen MR) is 161 cm³/mol. The number of hydrogen-bond donors (Lipinski definition) is 2. The van der Waals surface area contributed by atoms with E-state index in [1.54, 1.807) is 39.8 Å². The normalized spacial score (nSPS) is 12.8. The molecule has 3 aromatic rings. The fraction of sp³-hybridized carbons (Fsp3) is 0.394. The Balaban J connectivity index is 2.19. The van der Waals surface area contributed by atoms with Crippen LogP contribution in [0.5, 0.6) is 0 Å². The Labute approximate surface area is 263 Å². The van der Waals surface area contributed by atoms with Gasteiger partial charge in [0, 0.05) is 24.4 Å². The van der Waals surface area contributed by atoms with Crippen molar-refractivity contribution in [3.63, 3.8) is 0 Å². The number of amides is 2. The number of aryl methyl sites for hydroxylation is 4. The van der Waals surface area contributed by atoms with Crippen molar-refractivity contribution in [2.75, 3.05) is 6.61 Å². The maximum Gasteiger partial charge on any atom is 0.419 e. The number of ether oxygens (including phenoxy) is 1. The first kappa shape index (κ1) is 35.9. The van der Waals surface area contributed by atoms with Crippen LogP contribution in [0.15, 0.2) is 41.3 Å². The van der Waals surface area contributed by atoms with Gasteiger partial charge in [-0.15, -0.1) is 0 Å². The van der Waals surface area contributed by atoms with Gasteiger partial charge >= 0.3 is 12.1 Å². The van der Waals surface area contributed by atoms with E-state index >= 15 is 8.78 Å². The highest BCUT2D eigenvalue weighted by atomic mass is 19.4. The van der Waals surface area contributed by atoms with Gasteiger partial charge in [0.2, 0.25) is 5.91 Å². The quantitative estimate of drug-likeness (QED) is 0.196. The minimum atomic E-state index is -5.27. The Kier molecular flexibility index (Phi) is 11.5. The molecule has 0 radical (unpaired) electrons. The van der Waals surface area contributed by atoms with E-state index in [2.05, 4.69) is 10.6 Å². The topological polar surface area (TPSA) is 107 Å². The Morgan fingerprint density at radius 3 is 2.17 bits per heavy atom. The summed E-state index contributed by atoms with van der Waals surface area (Å²) in [6.45, 7) is 7.87. The van der Waals surface area contributed by atoms with Gasteiger partial charge in [-0.1, -0.05) is 31.0 Å². The summed E-state index contributed by atoms with van der Waals surface area (Å²) in [6.07, 6.45) is -4.48. The minimum absolute atomic E-state index is 0.0165. The molecule has 0 aliphatic carbocycles. The van der Waals surface area contributed by atoms with E-state index in [1.165, 1.54) is 32.3 Å². The number of esters is 1. The molecular weight excluding hydrogens is 613 g/mol. The molecule has 0 aliphatic heterocycles. The van der Waals surface area contributed by atoms with Crippen molar-refractivity contribution in [1.82, 2.24) is 15.2 Å². The number of rotatable bonds is 11. The van der Waals surface area contributed by atoms with Gasteiger partial charge in [0.05, 0.1) is 24.6 Å². The Hall–Kier alpha value is -4.55. The van der Waals surface area contributed by atoms with Gasteiger partial charge in [-0.2, -0.15) is 13.2 Å². The number of nitrogens with one attached hydrogen (secondary N) is 2. The highest BCUT2D eigenvalue weighted by Crippen LogP contribution is 2.42. The number of halogens is 5. The third kappa shape index (κ3) is 7.99. The van der Waals surface area contributed by atoms with Gasteiger partial charge in [-0.3, -0.25) is 19.2 Å². The summed E-state index contributed by atoms with van der Waals surface area (Å²) in [7, 11) is 1.42. The first-order chi connectivity index (χ1) is 21.5. The molecule has 3 rings (SSSR count). The first-order valence-corrected chi connectivity index (χ1v) is 14.6. The van der Waals surface area contributed by atoms with Gasteiger partial charge in [-0.05, 0) is 69.0 Å². The van der Waals surface area contributed by atoms with Crippen LogP contribution < -0.4 is 16.2 Å². The summed E-state index contributed by atoms with van der Waals surface area (Å²) in [4.78, 5) is 51.5. The fourth-order valence-electron chi connectivity index (χ4n) is 5.40. The minimum Gasteiger partial charge on any atom is -0.466 e. The maximum absolute atomic E-state index is 16.4. The van der Waals surface area contributed by atoms with Crippen LogP contribution in [0.2, 0.25) is 0 Å². The van der Waals surface area contributed by atoms with Crippen molar-refractivity contribution in [2.45, 2.75) is 72.1 Å². The molecule has 2 aromatic carbocycles. The molecule has 2 N–H and O–H groups in total. The van der Waals surface area contributed by atoms with Gasteiger partial charge in [0.15, 0.2) is 0 Å². The van der Waals surface area contributed by atoms with E-state index in [4.69, 9.17) is 4.74 Å². The predicted octanol–water partition coefficient (Wildman–Crippen LogP) is 5.98. The molecule has 46 heavy (non-hydrogen) atoms. The Morgan fingerprint density at radius 1 is 0.978 bits per heavy atom. The van der Waals surface area contributed by atoms with Crippen LogP contribution in [0.3, 0.4) is 0 Å². The van der Waals surface area contributed by atoms with Crippen molar-refractivity contribution in [1.29, 1.82) is 0 Å². The SMILES string of the molecule is CCC[C@H](NC(=O)c1cccn(C)c1=O)C(=O)N[C@@H](CC(=O)OCC)c1c(F)c(-c2c(C)cc(C)cc2C)cc(C(F)(F)F)c1F. The molecular formula is C33H36F5N3O5. The zero-order valence-corrected chi connectivity index (χ0v) is 26.3. The standard InChI is InChI=1S/C33H36F5N3O5/c1-7-10-23(39-30(43)20-11-9-12-41(6)32(20)45)31(44)40-24(16-25(42)46-8-2)27-28(34)21(15-22(29(27)35)33(36,37)38)26-18(4)13-17(3)14-19(26)5/h9,11-15,23-24H,7-8,10,16H2,1-6H3,(H,39,43)(H,40,44)/t23-,24-/m0/s1. The summed E-state index contributed by atoms with van der Waals surface area (Å²) in [6, 6.07) is 2.97. The van der Waals surface area contributed by atoms with Crippen LogP contribution in [0.1, 0.15) is 77.3 Å². The summed E-state index contributed by atoms with van der Waals surface area (Å²) in [5.74, 6) is -6.41. The molecule has 0 saturated carbocycles. The second-order valence-corrected chi connectivity index (χ2v) is 11.0. The van der Waals surface area contributed by atoms with Crippen LogP contribution in [0, 0.1) is 32.4 Å². The zero-order valence-electron chi connectivity index (χ0n) is 26.3. The average molecular weight is 650 g/mol. The number of benzene rings is 2. The lowest BCUT2D eigenvalue weighted by molar-refractivity contribution is -0.144. The lowest BCUT2D eigenvalue weighted by Gasteiger charge is -2.26. The summed E-state index contributed by atoms with van der Waals surface area (Å²) in [5.41, 5.74) is -2.79. The van der Waals surface area contributed by atoms with E-state index in [-0.39, 0.29) is 24.2 Å². The van der Waals surface area contributed by atoms with Crippen LogP contribution in [0.25, 0.3) is 11.1 Å². The number of hydrogen-bond acceptors (Lipinski definition) is 5. The van der Waals surface area contributed by atoms with Gasteiger partial charge in [0.1, 0.15) is 23.2 Å². The van der Waals surface area contributed by atoms with E-state index in [1.807, 2.05) is 0 Å². The molecule has 13 heteroatoms. The number of aromatic nitrogens is 1. The van der Waals surface area contributed by atoms with Crippen LogP contribution in [-0.4, -0.2) is 35.0 Å². The van der Waals surface area contributed by atoms with E-state index in [0.717, 1.165) is 10.1 Å². The number of alkyl halides is 3. The molecule has 1 heterocycles. The van der Waals surface area contributed by atoms with Crippen molar-refractivity contribution in [2.24, 2.45) is 7.05 Å². The molecule has 0 saturated heterocycles. The van der Waals surface area contributed by atoms with E-state index in [9.17, 15) is 32.3 Å². The van der Waals surface area contributed by atoms with Gasteiger partial charge < -0.3 is 19.9 Å². The third-order valence-corrected chi connectivity index (χ3v) is 7.39. The van der Waals surface area contributed by atoms with Crippen molar-refractivity contribution in [3.05, 3.63) is 91.9 Å². The molecule has 0 fully saturated rings. The molecule has 8 nitrogen and oxygen atoms in total. The molecule has 2 atom stereocenters. The maximum atomic E-state index is 16.4. The van der Waals surface area contributed by atoms with E-state index < -0.39 is 76.3 Å². The monoisotopic (exact) mass is 649 g/mol. The number of pyridine rings is 1. The smallest absolute Gasteiger partial charge is 0.419 e. The third-order valence-electron chi connectivity index (χ3n) is 7.39. The zero-order chi connectivity index (χ0) is 34.5. The summed E-state index contributed by atoms with van der Waals surface area (Å²) in [5, 5.41) is 4.69. The van der Waals surface area contributed by atoms with Crippen molar-refractivity contribution in [3.8, 4) is 11.1 Å². The molecule has 2 amide bonds. The molecule has 0 spiro atoms. The fourth-order valence-corrected chi connectivity index (χ4v) is 5.40. The molecule has 1 aromatic heterocycles. The molecule has 0 aliphatic rings. The molecule has 0 unspecified atom stereocenters. The highest BCUT2D eigenvalue weighted by molar-refractivity contribution is 5.97. The second kappa shape index (κ2) is 14.7. The Bertz CT molecular complexity index is 1680. The van der Waals surface area contributed by atoms with Crippen molar-refractivity contribution >= 4 is 17.8 Å². The first-order valence-electron chi connectivity index (χ1n) is 14.6. The largest absolute Gasteiger partial charge is 0.466 e. The van der Waals surface area contributed by atoms with Gasteiger partial charge in [-0.25, -0.2) is 8.78 Å². The van der Waals surface area contributed by atoms with Crippen LogP contribution in [-0.2, 0) is 27.5 Å². The summed E-state index contributed by atoms with van der Waals surface area (Å²) >= 11 is 0. The lowest BCUT2D eigenvalue weighted by Crippen LogP contribution is -2.49. The molecule has 0 bridgehead atoms. The average Bonchev–Trinajstić information content (AvgIpc) is 2.94. The van der Waals surface area contributed by atoms with E-state index in [0.29, 0.717) is 23.6 Å². The number of nitrogens with zero attached hydrogens (tertiary/aromatic N) is 1. The van der Waals surface area contributed by atoms with Crippen LogP contribution in [0.4, 0.5) is 22.0 Å².